The Morgan fingerprint density at radius 1 is 1.50 bits per heavy atom. The van der Waals surface area contributed by atoms with Crippen molar-refractivity contribution < 1.29 is 4.79 Å². The van der Waals surface area contributed by atoms with Gasteiger partial charge in [0, 0.05) is 0 Å². The van der Waals surface area contributed by atoms with Crippen LogP contribution in [-0.4, -0.2) is 5.78 Å². The van der Waals surface area contributed by atoms with Gasteiger partial charge in [-0.3, -0.25) is 4.79 Å². The van der Waals surface area contributed by atoms with Gasteiger partial charge in [-0.25, -0.2) is 0 Å². The van der Waals surface area contributed by atoms with Gasteiger partial charge in [0.1, 0.15) is 0 Å². The molecule has 0 N–H and O–H groups in total. The van der Waals surface area contributed by atoms with Crippen LogP contribution in [0.2, 0.25) is 0 Å². The molecule has 0 rings (SSSR count). The quantitative estimate of drug-likeness (QED) is 0.431. The van der Waals surface area contributed by atoms with Crippen LogP contribution in [0.4, 0.5) is 0 Å². The molecule has 1 nitrogen and oxygen atoms in total. The average Bonchev–Trinajstić information content (AvgIpc) is 1.82. The molecule has 0 heterocycles. The molecule has 0 saturated carbocycles. The summed E-state index contributed by atoms with van der Waals surface area (Å²) in [5, 5.41) is 0. The highest BCUT2D eigenvalue weighted by atomic mass is 16.1. The fourth-order valence-electron chi connectivity index (χ4n) is 0.749. The fraction of sp³-hybridized carbons (Fsp3) is 0.444. The van der Waals surface area contributed by atoms with E-state index in [1.807, 2.05) is 13.0 Å². The largest absolute Gasteiger partial charge is 0.295 e. The summed E-state index contributed by atoms with van der Waals surface area (Å²) in [6.07, 6.45) is 5.43. The monoisotopic (exact) mass is 138 g/mol. The smallest absolute Gasteiger partial charge is 0.152 e. The maximum atomic E-state index is 10.5. The number of hydrogen-bond acceptors (Lipinski definition) is 1. The number of hydrogen-bond donors (Lipinski definition) is 0. The van der Waals surface area contributed by atoms with E-state index in [1.54, 1.807) is 13.0 Å². The predicted octanol–water partition coefficient (Wildman–Crippen LogP) is 2.49. The average molecular weight is 138 g/mol. The number of allylic oxidation sites excluding steroid dienone is 3. The SMILES string of the molecule is C=CCC/C(C)=C\C(C)=O. The minimum atomic E-state index is 0.126. The molecule has 0 unspecified atom stereocenters. The first-order valence-electron chi connectivity index (χ1n) is 3.45. The zero-order chi connectivity index (χ0) is 7.98. The van der Waals surface area contributed by atoms with Crippen molar-refractivity contribution in [2.24, 2.45) is 0 Å². The molecule has 0 aromatic heterocycles. The molecule has 0 atom stereocenters. The summed E-state index contributed by atoms with van der Waals surface area (Å²) in [7, 11) is 0. The van der Waals surface area contributed by atoms with E-state index < -0.39 is 0 Å². The summed E-state index contributed by atoms with van der Waals surface area (Å²) in [6, 6.07) is 0. The molecule has 10 heavy (non-hydrogen) atoms. The van der Waals surface area contributed by atoms with Crippen LogP contribution in [0.3, 0.4) is 0 Å². The van der Waals surface area contributed by atoms with Crippen LogP contribution in [-0.2, 0) is 4.79 Å². The second-order valence-electron chi connectivity index (χ2n) is 2.43. The lowest BCUT2D eigenvalue weighted by molar-refractivity contribution is -0.112. The Morgan fingerprint density at radius 3 is 2.50 bits per heavy atom. The van der Waals surface area contributed by atoms with Gasteiger partial charge < -0.3 is 0 Å². The van der Waals surface area contributed by atoms with Crippen LogP contribution in [0.25, 0.3) is 0 Å². The maximum absolute atomic E-state index is 10.5. The highest BCUT2D eigenvalue weighted by Crippen LogP contribution is 2.03. The van der Waals surface area contributed by atoms with Crippen LogP contribution in [0, 0.1) is 0 Å². The molecule has 0 aliphatic rings. The van der Waals surface area contributed by atoms with Crippen molar-refractivity contribution in [3.05, 3.63) is 24.3 Å². The third kappa shape index (κ3) is 5.29. The first-order chi connectivity index (χ1) is 4.66. The van der Waals surface area contributed by atoms with Gasteiger partial charge in [-0.2, -0.15) is 0 Å². The third-order valence-electron chi connectivity index (χ3n) is 1.19. The second-order valence-corrected chi connectivity index (χ2v) is 2.43. The summed E-state index contributed by atoms with van der Waals surface area (Å²) in [6.45, 7) is 7.13. The topological polar surface area (TPSA) is 17.1 Å². The first kappa shape index (κ1) is 9.15. The lowest BCUT2D eigenvalue weighted by Gasteiger charge is -1.93. The molecule has 0 spiro atoms. The van der Waals surface area contributed by atoms with Crippen LogP contribution >= 0.6 is 0 Å². The van der Waals surface area contributed by atoms with Crippen molar-refractivity contribution in [3.63, 3.8) is 0 Å². The van der Waals surface area contributed by atoms with Gasteiger partial charge in [-0.15, -0.1) is 6.58 Å². The third-order valence-corrected chi connectivity index (χ3v) is 1.19. The standard InChI is InChI=1S/C9H14O/c1-4-5-6-8(2)7-9(3)10/h4,7H,1,5-6H2,2-3H3/b8-7-. The summed E-state index contributed by atoms with van der Waals surface area (Å²) < 4.78 is 0. The number of ketones is 1. The fourth-order valence-corrected chi connectivity index (χ4v) is 0.749. The Kier molecular flexibility index (Phi) is 4.55. The summed E-state index contributed by atoms with van der Waals surface area (Å²) in [5.41, 5.74) is 1.13. The van der Waals surface area contributed by atoms with E-state index >= 15 is 0 Å². The Hall–Kier alpha value is -0.850. The summed E-state index contributed by atoms with van der Waals surface area (Å²) in [4.78, 5) is 10.5. The molecule has 0 aromatic carbocycles. The number of rotatable bonds is 4. The van der Waals surface area contributed by atoms with Gasteiger partial charge in [-0.05, 0) is 32.8 Å². The van der Waals surface area contributed by atoms with Gasteiger partial charge >= 0.3 is 0 Å². The van der Waals surface area contributed by atoms with Gasteiger partial charge in [0.25, 0.3) is 0 Å². The molecular weight excluding hydrogens is 124 g/mol. The van der Waals surface area contributed by atoms with E-state index in [0.29, 0.717) is 0 Å². The molecule has 1 heteroatoms. The molecule has 0 saturated heterocycles. The van der Waals surface area contributed by atoms with E-state index in [4.69, 9.17) is 0 Å². The Morgan fingerprint density at radius 2 is 2.10 bits per heavy atom. The van der Waals surface area contributed by atoms with E-state index in [1.165, 1.54) is 0 Å². The Bertz CT molecular complexity index is 154. The zero-order valence-electron chi connectivity index (χ0n) is 6.68. The molecule has 0 aromatic rings. The summed E-state index contributed by atoms with van der Waals surface area (Å²) in [5.74, 6) is 0.126. The molecule has 0 amide bonds. The van der Waals surface area contributed by atoms with Gasteiger partial charge in [0.15, 0.2) is 5.78 Å². The first-order valence-corrected chi connectivity index (χ1v) is 3.45. The van der Waals surface area contributed by atoms with Crippen molar-refractivity contribution in [1.82, 2.24) is 0 Å². The minimum absolute atomic E-state index is 0.126. The van der Waals surface area contributed by atoms with E-state index in [-0.39, 0.29) is 5.78 Å². The van der Waals surface area contributed by atoms with E-state index in [0.717, 1.165) is 18.4 Å². The number of carbonyl (C=O) groups excluding carboxylic acids is 1. The lowest BCUT2D eigenvalue weighted by atomic mass is 10.1. The summed E-state index contributed by atoms with van der Waals surface area (Å²) >= 11 is 0. The Balaban J connectivity index is 3.70. The van der Waals surface area contributed by atoms with Gasteiger partial charge in [-0.1, -0.05) is 11.6 Å². The molecular formula is C9H14O. The predicted molar refractivity (Wildman–Crippen MR) is 43.9 cm³/mol. The second kappa shape index (κ2) is 4.98. The molecule has 0 aliphatic carbocycles. The van der Waals surface area contributed by atoms with Crippen LogP contribution in [0.1, 0.15) is 26.7 Å². The lowest BCUT2D eigenvalue weighted by Crippen LogP contribution is -1.84. The van der Waals surface area contributed by atoms with Gasteiger partial charge in [0.05, 0.1) is 0 Å². The van der Waals surface area contributed by atoms with Gasteiger partial charge in [0.2, 0.25) is 0 Å². The highest BCUT2D eigenvalue weighted by molar-refractivity contribution is 5.87. The molecule has 56 valence electrons. The van der Waals surface area contributed by atoms with Crippen molar-refractivity contribution in [2.45, 2.75) is 26.7 Å². The normalized spacial score (nSPS) is 11.2. The molecule has 0 fully saturated rings. The Labute approximate surface area is 62.4 Å². The van der Waals surface area contributed by atoms with Crippen molar-refractivity contribution in [1.29, 1.82) is 0 Å². The van der Waals surface area contributed by atoms with Crippen LogP contribution in [0.5, 0.6) is 0 Å². The number of carbonyl (C=O) groups is 1. The van der Waals surface area contributed by atoms with Crippen LogP contribution < -0.4 is 0 Å². The van der Waals surface area contributed by atoms with Crippen LogP contribution in [0.15, 0.2) is 24.3 Å². The van der Waals surface area contributed by atoms with Crippen molar-refractivity contribution in [2.75, 3.05) is 0 Å². The molecule has 0 aliphatic heterocycles. The van der Waals surface area contributed by atoms with E-state index in [9.17, 15) is 4.79 Å². The van der Waals surface area contributed by atoms with Crippen molar-refractivity contribution in [3.8, 4) is 0 Å². The highest BCUT2D eigenvalue weighted by Gasteiger charge is 1.89. The van der Waals surface area contributed by atoms with Crippen molar-refractivity contribution >= 4 is 5.78 Å². The zero-order valence-corrected chi connectivity index (χ0v) is 6.68. The minimum Gasteiger partial charge on any atom is -0.295 e. The maximum Gasteiger partial charge on any atom is 0.152 e. The molecule has 0 radical (unpaired) electrons. The van der Waals surface area contributed by atoms with E-state index in [2.05, 4.69) is 6.58 Å². The molecule has 0 bridgehead atoms.